The summed E-state index contributed by atoms with van der Waals surface area (Å²) in [7, 11) is -3.93. The highest BCUT2D eigenvalue weighted by atomic mass is 32.2. The molecule has 10 nitrogen and oxygen atoms in total. The van der Waals surface area contributed by atoms with Crippen LogP contribution in [0, 0.1) is 15.9 Å². The molecule has 0 radical (unpaired) electrons. The summed E-state index contributed by atoms with van der Waals surface area (Å²) >= 11 is 0. The molecule has 33 heavy (non-hydrogen) atoms. The van der Waals surface area contributed by atoms with Crippen LogP contribution in [0.2, 0.25) is 0 Å². The molecule has 0 saturated heterocycles. The van der Waals surface area contributed by atoms with Gasteiger partial charge in [-0.05, 0) is 48.5 Å². The van der Waals surface area contributed by atoms with Crippen molar-refractivity contribution in [2.45, 2.75) is 4.90 Å². The van der Waals surface area contributed by atoms with E-state index in [1.54, 1.807) is 0 Å². The predicted molar refractivity (Wildman–Crippen MR) is 116 cm³/mol. The van der Waals surface area contributed by atoms with E-state index in [1.165, 1.54) is 48.5 Å². The highest BCUT2D eigenvalue weighted by Crippen LogP contribution is 2.32. The van der Waals surface area contributed by atoms with Crippen LogP contribution in [-0.2, 0) is 10.0 Å². The van der Waals surface area contributed by atoms with E-state index in [0.29, 0.717) is 24.7 Å². The molecule has 3 aromatic rings. The summed E-state index contributed by atoms with van der Waals surface area (Å²) in [6, 6.07) is 12.7. The molecule has 1 aliphatic heterocycles. The molecule has 12 heteroatoms. The first kappa shape index (κ1) is 22.0. The number of nitro benzene ring substituents is 1. The van der Waals surface area contributed by atoms with Crippen LogP contribution in [0.3, 0.4) is 0 Å². The Balaban J connectivity index is 1.46. The minimum atomic E-state index is -3.93. The van der Waals surface area contributed by atoms with Gasteiger partial charge in [0.25, 0.3) is 15.9 Å². The summed E-state index contributed by atoms with van der Waals surface area (Å²) in [5.41, 5.74) is -0.365. The lowest BCUT2D eigenvalue weighted by Crippen LogP contribution is -2.17. The van der Waals surface area contributed by atoms with Crippen molar-refractivity contribution < 1.29 is 32.0 Å². The predicted octanol–water partition coefficient (Wildman–Crippen LogP) is 3.56. The molecule has 0 aliphatic carbocycles. The van der Waals surface area contributed by atoms with Gasteiger partial charge in [-0.15, -0.1) is 0 Å². The van der Waals surface area contributed by atoms with Gasteiger partial charge in [-0.2, -0.15) is 4.39 Å². The SMILES string of the molecule is O=C(Nc1ccc(F)c([N+](=O)[O-])c1)c1ccc(NS(=O)(=O)c2ccc3c(c2)OCCO3)cc1. The minimum absolute atomic E-state index is 0.0218. The Kier molecular flexibility index (Phi) is 5.84. The quantitative estimate of drug-likeness (QED) is 0.412. The van der Waals surface area contributed by atoms with Gasteiger partial charge in [-0.1, -0.05) is 0 Å². The molecule has 1 heterocycles. The van der Waals surface area contributed by atoms with E-state index in [1.807, 2.05) is 0 Å². The number of sulfonamides is 1. The number of amides is 1. The first-order valence-corrected chi connectivity index (χ1v) is 11.0. The van der Waals surface area contributed by atoms with Gasteiger partial charge in [-0.3, -0.25) is 19.6 Å². The van der Waals surface area contributed by atoms with Crippen molar-refractivity contribution in [3.63, 3.8) is 0 Å². The van der Waals surface area contributed by atoms with E-state index in [-0.39, 0.29) is 21.8 Å². The van der Waals surface area contributed by atoms with Crippen LogP contribution in [0.15, 0.2) is 65.6 Å². The summed E-state index contributed by atoms with van der Waals surface area (Å²) in [6.07, 6.45) is 0. The topological polar surface area (TPSA) is 137 Å². The normalized spacial score (nSPS) is 12.6. The van der Waals surface area contributed by atoms with E-state index >= 15 is 0 Å². The van der Waals surface area contributed by atoms with Gasteiger partial charge in [0, 0.05) is 29.1 Å². The van der Waals surface area contributed by atoms with Crippen LogP contribution < -0.4 is 19.5 Å². The fraction of sp³-hybridized carbons (Fsp3) is 0.0952. The number of nitrogens with zero attached hydrogens (tertiary/aromatic N) is 1. The van der Waals surface area contributed by atoms with Crippen molar-refractivity contribution >= 4 is 33.0 Å². The molecule has 0 fully saturated rings. The van der Waals surface area contributed by atoms with Gasteiger partial charge < -0.3 is 14.8 Å². The van der Waals surface area contributed by atoms with Gasteiger partial charge in [0.15, 0.2) is 11.5 Å². The Morgan fingerprint density at radius 3 is 2.30 bits per heavy atom. The molecule has 1 aliphatic rings. The van der Waals surface area contributed by atoms with Gasteiger partial charge >= 0.3 is 5.69 Å². The van der Waals surface area contributed by atoms with E-state index in [4.69, 9.17) is 9.47 Å². The van der Waals surface area contributed by atoms with Crippen molar-refractivity contribution in [1.82, 2.24) is 0 Å². The number of nitrogens with one attached hydrogen (secondary N) is 2. The third-order valence-electron chi connectivity index (χ3n) is 4.62. The maximum atomic E-state index is 13.4. The third kappa shape index (κ3) is 4.85. The largest absolute Gasteiger partial charge is 0.486 e. The lowest BCUT2D eigenvalue weighted by molar-refractivity contribution is -0.387. The van der Waals surface area contributed by atoms with Gasteiger partial charge in [0.1, 0.15) is 13.2 Å². The van der Waals surface area contributed by atoms with Crippen LogP contribution >= 0.6 is 0 Å². The van der Waals surface area contributed by atoms with Crippen LogP contribution in [0.25, 0.3) is 0 Å². The highest BCUT2D eigenvalue weighted by Gasteiger charge is 2.20. The standard InChI is InChI=1S/C21H16FN3O7S/c22-17-7-5-15(11-18(17)25(27)28)23-21(26)13-1-3-14(4-2-13)24-33(29,30)16-6-8-19-20(12-16)32-10-9-31-19/h1-8,11-12,24H,9-10H2,(H,23,26). The zero-order valence-corrected chi connectivity index (χ0v) is 17.6. The number of halogens is 1. The molecule has 4 rings (SSSR count). The lowest BCUT2D eigenvalue weighted by Gasteiger charge is -2.19. The maximum absolute atomic E-state index is 13.4. The molecule has 170 valence electrons. The number of fused-ring (bicyclic) bond motifs is 1. The van der Waals surface area contributed by atoms with E-state index < -0.39 is 32.4 Å². The molecule has 0 bridgehead atoms. The number of hydrogen-bond acceptors (Lipinski definition) is 7. The smallest absolute Gasteiger partial charge is 0.306 e. The second-order valence-corrected chi connectivity index (χ2v) is 8.55. The summed E-state index contributed by atoms with van der Waals surface area (Å²) in [6.45, 7) is 0.702. The first-order valence-electron chi connectivity index (χ1n) is 9.51. The Bertz CT molecular complexity index is 1340. The first-order chi connectivity index (χ1) is 15.7. The number of carbonyl (C=O) groups excluding carboxylic acids is 1. The average Bonchev–Trinajstić information content (AvgIpc) is 2.80. The molecule has 0 aromatic heterocycles. The Labute approximate surface area is 187 Å². The number of hydrogen-bond donors (Lipinski definition) is 2. The molecule has 3 aromatic carbocycles. The molecule has 0 atom stereocenters. The van der Waals surface area contributed by atoms with Crippen molar-refractivity contribution in [3.8, 4) is 11.5 Å². The van der Waals surface area contributed by atoms with Crippen LogP contribution in [0.1, 0.15) is 10.4 Å². The number of benzene rings is 3. The maximum Gasteiger partial charge on any atom is 0.306 e. The van der Waals surface area contributed by atoms with Crippen molar-refractivity contribution in [2.24, 2.45) is 0 Å². The molecule has 0 saturated carbocycles. The minimum Gasteiger partial charge on any atom is -0.486 e. The average molecular weight is 473 g/mol. The van der Waals surface area contributed by atoms with E-state index in [0.717, 1.165) is 12.1 Å². The molecule has 2 N–H and O–H groups in total. The van der Waals surface area contributed by atoms with E-state index in [2.05, 4.69) is 10.0 Å². The summed E-state index contributed by atoms with van der Waals surface area (Å²) in [5, 5.41) is 13.3. The third-order valence-corrected chi connectivity index (χ3v) is 6.00. The Morgan fingerprint density at radius 2 is 1.61 bits per heavy atom. The number of ether oxygens (including phenoxy) is 2. The van der Waals surface area contributed by atoms with Crippen molar-refractivity contribution in [2.75, 3.05) is 23.3 Å². The summed E-state index contributed by atoms with van der Waals surface area (Å²) in [4.78, 5) is 22.3. The fourth-order valence-electron chi connectivity index (χ4n) is 3.03. The van der Waals surface area contributed by atoms with Crippen LogP contribution in [-0.4, -0.2) is 32.5 Å². The second-order valence-electron chi connectivity index (χ2n) is 6.87. The van der Waals surface area contributed by atoms with Gasteiger partial charge in [-0.25, -0.2) is 8.42 Å². The number of anilines is 2. The second kappa shape index (κ2) is 8.74. The van der Waals surface area contributed by atoms with Gasteiger partial charge in [0.05, 0.1) is 9.82 Å². The molecule has 1 amide bonds. The molecule has 0 spiro atoms. The molecule has 0 unspecified atom stereocenters. The van der Waals surface area contributed by atoms with Crippen LogP contribution in [0.5, 0.6) is 11.5 Å². The zero-order chi connectivity index (χ0) is 23.6. The van der Waals surface area contributed by atoms with Crippen LogP contribution in [0.4, 0.5) is 21.5 Å². The zero-order valence-electron chi connectivity index (χ0n) is 16.8. The number of carbonyl (C=O) groups is 1. The number of rotatable bonds is 6. The summed E-state index contributed by atoms with van der Waals surface area (Å²) in [5.74, 6) is -0.843. The number of nitro groups is 1. The van der Waals surface area contributed by atoms with Crippen molar-refractivity contribution in [1.29, 1.82) is 0 Å². The summed E-state index contributed by atoms with van der Waals surface area (Å²) < 4.78 is 52.0. The Morgan fingerprint density at radius 1 is 0.939 bits per heavy atom. The van der Waals surface area contributed by atoms with Crippen molar-refractivity contribution in [3.05, 3.63) is 82.2 Å². The molecular weight excluding hydrogens is 457 g/mol. The lowest BCUT2D eigenvalue weighted by atomic mass is 10.2. The fourth-order valence-corrected chi connectivity index (χ4v) is 4.10. The molecular formula is C21H16FN3O7S. The Hall–Kier alpha value is -4.19. The van der Waals surface area contributed by atoms with Gasteiger partial charge in [0.2, 0.25) is 5.82 Å². The van der Waals surface area contributed by atoms with E-state index in [9.17, 15) is 27.7 Å². The highest BCUT2D eigenvalue weighted by molar-refractivity contribution is 7.92. The monoisotopic (exact) mass is 473 g/mol.